The number of benzene rings is 4. The van der Waals surface area contributed by atoms with Gasteiger partial charge < -0.3 is 0 Å². The third-order valence-electron chi connectivity index (χ3n) is 3.65. The van der Waals surface area contributed by atoms with Crippen molar-refractivity contribution in [2.24, 2.45) is 0 Å². The Labute approximate surface area is 138 Å². The number of hydrogen-bond donors (Lipinski definition) is 0. The summed E-state index contributed by atoms with van der Waals surface area (Å²) in [6.45, 7) is 0. The van der Waals surface area contributed by atoms with Crippen LogP contribution in [-0.2, 0) is 21.1 Å². The van der Waals surface area contributed by atoms with Crippen molar-refractivity contribution in [3.05, 3.63) is 84.9 Å². The minimum atomic E-state index is 0. The average Bonchev–Trinajstić information content (AvgIpc) is 2.54. The van der Waals surface area contributed by atoms with Gasteiger partial charge in [-0.05, 0) is 0 Å². The summed E-state index contributed by atoms with van der Waals surface area (Å²) in [5.41, 5.74) is 2.22. The first kappa shape index (κ1) is 14.0. The molecule has 0 spiro atoms. The molecule has 0 unspecified atom stereocenters. The molecule has 0 nitrogen and oxygen atoms in total. The number of rotatable bonds is 1. The van der Waals surface area contributed by atoms with Crippen LogP contribution >= 0.6 is 0 Å². The van der Waals surface area contributed by atoms with Crippen molar-refractivity contribution in [1.82, 2.24) is 0 Å². The standard InChI is InChI=1S/C20H12.W/c1-2-8-17-14-18(13-12-15(17)6-1)20-11-5-9-16-7-3-4-10-19(16)20;/h1-10,12-13H;/q-2;+2. The van der Waals surface area contributed by atoms with Gasteiger partial charge in [-0.2, -0.15) is 29.8 Å². The summed E-state index contributed by atoms with van der Waals surface area (Å²) in [5, 5.41) is 4.83. The first-order valence-electron chi connectivity index (χ1n) is 6.73. The van der Waals surface area contributed by atoms with E-state index in [0.717, 1.165) is 16.5 Å². The first-order chi connectivity index (χ1) is 9.92. The molecule has 0 amide bonds. The topological polar surface area (TPSA) is 0 Å². The van der Waals surface area contributed by atoms with E-state index in [1.807, 2.05) is 6.07 Å². The molecular formula is C20H12W. The van der Waals surface area contributed by atoms with Gasteiger partial charge in [-0.25, -0.2) is 5.56 Å². The third-order valence-corrected chi connectivity index (χ3v) is 3.65. The molecule has 0 aliphatic rings. The molecule has 4 rings (SSSR count). The van der Waals surface area contributed by atoms with Gasteiger partial charge in [0.15, 0.2) is 0 Å². The summed E-state index contributed by atoms with van der Waals surface area (Å²) in [6.07, 6.45) is 0. The SMILES string of the molecule is [W+2].[c-]1ccc2ccccc2c1-c1[c-]c2ccccc2cc1. The predicted octanol–water partition coefficient (Wildman–Crippen LogP) is 5.26. The average molecular weight is 436 g/mol. The minimum Gasteiger partial charge on any atom is -0.202 e. The van der Waals surface area contributed by atoms with Gasteiger partial charge in [0.05, 0.1) is 0 Å². The maximum atomic E-state index is 3.50. The van der Waals surface area contributed by atoms with Crippen LogP contribution in [0.4, 0.5) is 0 Å². The fourth-order valence-electron chi connectivity index (χ4n) is 2.65. The maximum Gasteiger partial charge on any atom is 2.00 e. The van der Waals surface area contributed by atoms with Gasteiger partial charge in [-0.3, -0.25) is 0 Å². The van der Waals surface area contributed by atoms with Crippen molar-refractivity contribution in [2.75, 3.05) is 0 Å². The van der Waals surface area contributed by atoms with Crippen LogP contribution < -0.4 is 0 Å². The fourth-order valence-corrected chi connectivity index (χ4v) is 2.65. The Morgan fingerprint density at radius 1 is 0.667 bits per heavy atom. The summed E-state index contributed by atoms with van der Waals surface area (Å²) < 4.78 is 0. The molecule has 0 atom stereocenters. The van der Waals surface area contributed by atoms with Crippen LogP contribution in [-0.4, -0.2) is 0 Å². The van der Waals surface area contributed by atoms with E-state index < -0.39 is 0 Å². The van der Waals surface area contributed by atoms with Crippen molar-refractivity contribution in [3.63, 3.8) is 0 Å². The van der Waals surface area contributed by atoms with E-state index >= 15 is 0 Å². The second-order valence-corrected chi connectivity index (χ2v) is 4.90. The molecule has 0 aliphatic heterocycles. The molecule has 0 bridgehead atoms. The van der Waals surface area contributed by atoms with Crippen molar-refractivity contribution < 1.29 is 21.1 Å². The van der Waals surface area contributed by atoms with E-state index in [-0.39, 0.29) is 21.1 Å². The van der Waals surface area contributed by atoms with E-state index in [9.17, 15) is 0 Å². The Kier molecular flexibility index (Phi) is 3.90. The molecule has 4 aromatic carbocycles. The second-order valence-electron chi connectivity index (χ2n) is 4.90. The Balaban J connectivity index is 0.00000132. The number of hydrogen-bond acceptors (Lipinski definition) is 0. The summed E-state index contributed by atoms with van der Waals surface area (Å²) in [6, 6.07) is 32.0. The fraction of sp³-hybridized carbons (Fsp3) is 0. The Morgan fingerprint density at radius 2 is 1.43 bits per heavy atom. The zero-order valence-corrected chi connectivity index (χ0v) is 14.3. The van der Waals surface area contributed by atoms with Gasteiger partial charge in [0.25, 0.3) is 0 Å². The molecule has 0 fully saturated rings. The van der Waals surface area contributed by atoms with Gasteiger partial charge in [-0.15, -0.1) is 40.4 Å². The molecule has 0 aliphatic carbocycles. The molecule has 4 aromatic rings. The quantitative estimate of drug-likeness (QED) is 0.358. The largest absolute Gasteiger partial charge is 2.00 e. The van der Waals surface area contributed by atoms with Crippen LogP contribution in [0.1, 0.15) is 0 Å². The van der Waals surface area contributed by atoms with E-state index in [1.54, 1.807) is 0 Å². The molecule has 0 saturated carbocycles. The Morgan fingerprint density at radius 3 is 2.33 bits per heavy atom. The third kappa shape index (κ3) is 2.52. The van der Waals surface area contributed by atoms with Crippen LogP contribution in [0.2, 0.25) is 0 Å². The zero-order chi connectivity index (χ0) is 13.4. The molecule has 0 radical (unpaired) electrons. The maximum absolute atomic E-state index is 3.50. The van der Waals surface area contributed by atoms with E-state index in [1.165, 1.54) is 16.2 Å². The molecule has 21 heavy (non-hydrogen) atoms. The second kappa shape index (κ2) is 5.83. The first-order valence-corrected chi connectivity index (χ1v) is 6.73. The molecule has 0 saturated heterocycles. The van der Waals surface area contributed by atoms with Gasteiger partial charge in [-0.1, -0.05) is 41.8 Å². The Hall–Kier alpha value is -1.91. The van der Waals surface area contributed by atoms with Crippen LogP contribution in [0, 0.1) is 12.1 Å². The van der Waals surface area contributed by atoms with Crippen molar-refractivity contribution >= 4 is 21.5 Å². The smallest absolute Gasteiger partial charge is 0.202 e. The van der Waals surface area contributed by atoms with Gasteiger partial charge in [0.2, 0.25) is 0 Å². The molecule has 98 valence electrons. The van der Waals surface area contributed by atoms with Gasteiger partial charge >= 0.3 is 21.1 Å². The van der Waals surface area contributed by atoms with Gasteiger partial charge in [0, 0.05) is 0 Å². The van der Waals surface area contributed by atoms with Crippen molar-refractivity contribution in [3.8, 4) is 11.1 Å². The monoisotopic (exact) mass is 436 g/mol. The molecule has 0 N–H and O–H groups in total. The predicted molar refractivity (Wildman–Crippen MR) is 84.6 cm³/mol. The van der Waals surface area contributed by atoms with Crippen LogP contribution in [0.3, 0.4) is 0 Å². The normalized spacial score (nSPS) is 10.5. The van der Waals surface area contributed by atoms with Gasteiger partial charge in [0.1, 0.15) is 0 Å². The number of fused-ring (bicyclic) bond motifs is 2. The molecule has 0 heterocycles. The summed E-state index contributed by atoms with van der Waals surface area (Å²) >= 11 is 0. The van der Waals surface area contributed by atoms with Crippen LogP contribution in [0.5, 0.6) is 0 Å². The van der Waals surface area contributed by atoms with Crippen molar-refractivity contribution in [1.29, 1.82) is 0 Å². The minimum absolute atomic E-state index is 0. The van der Waals surface area contributed by atoms with E-state index in [0.29, 0.717) is 0 Å². The van der Waals surface area contributed by atoms with E-state index in [4.69, 9.17) is 0 Å². The molecule has 0 aromatic heterocycles. The molecule has 1 heteroatoms. The van der Waals surface area contributed by atoms with Crippen LogP contribution in [0.15, 0.2) is 72.8 Å². The zero-order valence-electron chi connectivity index (χ0n) is 11.3. The summed E-state index contributed by atoms with van der Waals surface area (Å²) in [4.78, 5) is 0. The Bertz CT molecular complexity index is 904. The van der Waals surface area contributed by atoms with E-state index in [2.05, 4.69) is 78.9 Å². The van der Waals surface area contributed by atoms with Crippen molar-refractivity contribution in [2.45, 2.75) is 0 Å². The summed E-state index contributed by atoms with van der Waals surface area (Å²) in [7, 11) is 0. The van der Waals surface area contributed by atoms with Crippen LogP contribution in [0.25, 0.3) is 32.7 Å². The molecular weight excluding hydrogens is 424 g/mol. The summed E-state index contributed by atoms with van der Waals surface area (Å²) in [5.74, 6) is 0.